The number of ether oxygens (including phenoxy) is 2. The Morgan fingerprint density at radius 2 is 2.04 bits per heavy atom. The Morgan fingerprint density at radius 1 is 1.18 bits per heavy atom. The van der Waals surface area contributed by atoms with Crippen molar-refractivity contribution < 1.29 is 27.8 Å². The summed E-state index contributed by atoms with van der Waals surface area (Å²) in [4.78, 5) is 22.2. The number of phenols is 1. The monoisotopic (exact) mass is 667 g/mol. The molecular formula is C36H32F3N7O3. The van der Waals surface area contributed by atoms with Gasteiger partial charge in [0.1, 0.15) is 59.2 Å². The molecular weight excluding hydrogens is 635 g/mol. The molecule has 250 valence electrons. The normalized spacial score (nSPS) is 21.0. The largest absolute Gasteiger partial charge is 0.508 e. The minimum Gasteiger partial charge on any atom is -0.508 e. The van der Waals surface area contributed by atoms with Crippen LogP contribution in [-0.2, 0) is 0 Å². The van der Waals surface area contributed by atoms with Gasteiger partial charge in [-0.15, -0.1) is 6.42 Å². The molecule has 0 unspecified atom stereocenters. The summed E-state index contributed by atoms with van der Waals surface area (Å²) in [5, 5.41) is 11.4. The first-order chi connectivity index (χ1) is 23.7. The number of alkyl halides is 1. The van der Waals surface area contributed by atoms with E-state index in [0.717, 1.165) is 24.9 Å². The third-order valence-corrected chi connectivity index (χ3v) is 10.0. The van der Waals surface area contributed by atoms with Crippen molar-refractivity contribution in [2.45, 2.75) is 43.9 Å². The first-order valence-electron chi connectivity index (χ1n) is 16.1. The van der Waals surface area contributed by atoms with Crippen LogP contribution >= 0.6 is 0 Å². The number of nitrogen functional groups attached to an aromatic ring is 1. The van der Waals surface area contributed by atoms with E-state index in [4.69, 9.17) is 26.6 Å². The van der Waals surface area contributed by atoms with Crippen molar-refractivity contribution in [1.82, 2.24) is 24.8 Å². The van der Waals surface area contributed by atoms with E-state index in [2.05, 4.69) is 25.8 Å². The van der Waals surface area contributed by atoms with E-state index < -0.39 is 23.3 Å². The first kappa shape index (κ1) is 31.0. The summed E-state index contributed by atoms with van der Waals surface area (Å²) in [5.74, 6) is 1.26. The van der Waals surface area contributed by atoms with Gasteiger partial charge in [-0.25, -0.2) is 23.1 Å². The molecule has 3 aliphatic rings. The number of aromatic nitrogens is 4. The zero-order chi connectivity index (χ0) is 34.0. The molecule has 49 heavy (non-hydrogen) atoms. The number of hydrogen-bond acceptors (Lipinski definition) is 10. The third-order valence-electron chi connectivity index (χ3n) is 10.0. The molecule has 13 heteroatoms. The highest BCUT2D eigenvalue weighted by Crippen LogP contribution is 2.45. The van der Waals surface area contributed by atoms with Crippen LogP contribution in [0.4, 0.5) is 24.8 Å². The van der Waals surface area contributed by atoms with Gasteiger partial charge in [0.05, 0.1) is 23.7 Å². The number of hydrogen-bond donors (Lipinski definition) is 2. The van der Waals surface area contributed by atoms with Crippen LogP contribution in [0.2, 0.25) is 0 Å². The number of nitrogens with two attached hydrogens (primary N) is 1. The molecule has 3 atom stereocenters. The van der Waals surface area contributed by atoms with Crippen LogP contribution in [0.3, 0.4) is 0 Å². The molecule has 5 aromatic rings. The smallest absolute Gasteiger partial charge is 0.319 e. The van der Waals surface area contributed by atoms with Crippen LogP contribution in [-0.4, -0.2) is 74.5 Å². The van der Waals surface area contributed by atoms with Gasteiger partial charge >= 0.3 is 6.01 Å². The van der Waals surface area contributed by atoms with Gasteiger partial charge < -0.3 is 25.2 Å². The van der Waals surface area contributed by atoms with E-state index in [-0.39, 0.29) is 70.0 Å². The van der Waals surface area contributed by atoms with E-state index in [9.17, 15) is 13.9 Å². The molecule has 2 fully saturated rings. The quantitative estimate of drug-likeness (QED) is 0.218. The second kappa shape index (κ2) is 11.7. The van der Waals surface area contributed by atoms with Gasteiger partial charge in [0, 0.05) is 35.7 Å². The number of aromatic hydroxyl groups is 1. The second-order valence-electron chi connectivity index (χ2n) is 12.9. The number of rotatable bonds is 6. The molecule has 0 amide bonds. The number of pyridine rings is 2. The Labute approximate surface area is 279 Å². The van der Waals surface area contributed by atoms with Crippen LogP contribution in [0.5, 0.6) is 17.6 Å². The van der Waals surface area contributed by atoms with Gasteiger partial charge in [0.2, 0.25) is 5.88 Å². The Balaban J connectivity index is 1.34. The van der Waals surface area contributed by atoms with Crippen LogP contribution in [0.25, 0.3) is 32.9 Å². The van der Waals surface area contributed by atoms with Crippen molar-refractivity contribution in [3.63, 3.8) is 0 Å². The van der Waals surface area contributed by atoms with Crippen molar-refractivity contribution in [2.24, 2.45) is 0 Å². The fraction of sp³-hybridized carbons (Fsp3) is 0.333. The van der Waals surface area contributed by atoms with Gasteiger partial charge in [0.15, 0.2) is 5.82 Å². The zero-order valence-electron chi connectivity index (χ0n) is 26.6. The summed E-state index contributed by atoms with van der Waals surface area (Å²) in [6.45, 7) is 3.59. The number of fused-ring (bicyclic) bond motifs is 2. The minimum absolute atomic E-state index is 0.0357. The molecule has 3 aromatic heterocycles. The zero-order valence-corrected chi connectivity index (χ0v) is 26.6. The minimum atomic E-state index is -0.965. The summed E-state index contributed by atoms with van der Waals surface area (Å²) in [5.41, 5.74) is 6.02. The lowest BCUT2D eigenvalue weighted by Gasteiger charge is -2.32. The van der Waals surface area contributed by atoms with E-state index in [1.165, 1.54) is 24.3 Å². The lowest BCUT2D eigenvalue weighted by Crippen LogP contribution is -2.43. The first-order valence-corrected chi connectivity index (χ1v) is 16.1. The summed E-state index contributed by atoms with van der Waals surface area (Å²) < 4.78 is 59.1. The fourth-order valence-electron chi connectivity index (χ4n) is 7.73. The Kier molecular flexibility index (Phi) is 7.37. The van der Waals surface area contributed by atoms with Crippen molar-refractivity contribution in [2.75, 3.05) is 43.5 Å². The molecule has 0 bridgehead atoms. The van der Waals surface area contributed by atoms with Crippen LogP contribution in [0, 0.1) is 24.0 Å². The summed E-state index contributed by atoms with van der Waals surface area (Å²) >= 11 is 0. The van der Waals surface area contributed by atoms with Gasteiger partial charge in [0.25, 0.3) is 0 Å². The third kappa shape index (κ3) is 5.01. The molecule has 0 radical (unpaired) electrons. The predicted molar refractivity (Wildman–Crippen MR) is 178 cm³/mol. The summed E-state index contributed by atoms with van der Waals surface area (Å²) in [6, 6.07) is 8.47. The Morgan fingerprint density at radius 3 is 2.86 bits per heavy atom. The van der Waals surface area contributed by atoms with Gasteiger partial charge in [-0.2, -0.15) is 9.97 Å². The number of phenolic OH excluding ortho intramolecular Hbond substituents is 1. The molecule has 0 aliphatic carbocycles. The number of halogens is 3. The highest BCUT2D eigenvalue weighted by molar-refractivity contribution is 6.04. The van der Waals surface area contributed by atoms with E-state index in [1.807, 2.05) is 17.9 Å². The van der Waals surface area contributed by atoms with Crippen molar-refractivity contribution in [1.29, 1.82) is 0 Å². The number of nitrogens with zero attached hydrogens (tertiary/aromatic N) is 6. The van der Waals surface area contributed by atoms with E-state index >= 15 is 4.39 Å². The highest BCUT2D eigenvalue weighted by atomic mass is 19.1. The van der Waals surface area contributed by atoms with Crippen LogP contribution in [0.15, 0.2) is 42.6 Å². The number of anilines is 2. The molecule has 3 aliphatic heterocycles. The molecule has 2 aromatic carbocycles. The maximum Gasteiger partial charge on any atom is 0.319 e. The van der Waals surface area contributed by atoms with E-state index in [0.29, 0.717) is 36.5 Å². The van der Waals surface area contributed by atoms with Gasteiger partial charge in [-0.3, -0.25) is 4.90 Å². The Hall–Kier alpha value is -5.35. The topological polar surface area (TPSA) is 123 Å². The van der Waals surface area contributed by atoms with Gasteiger partial charge in [-0.1, -0.05) is 18.1 Å². The van der Waals surface area contributed by atoms with E-state index in [1.54, 1.807) is 12.3 Å². The average Bonchev–Trinajstić information content (AvgIpc) is 3.55. The maximum absolute atomic E-state index is 17.1. The van der Waals surface area contributed by atoms with Crippen LogP contribution in [0.1, 0.15) is 43.4 Å². The number of benzene rings is 2. The highest BCUT2D eigenvalue weighted by Gasteiger charge is 2.49. The fourth-order valence-corrected chi connectivity index (χ4v) is 7.73. The average molecular weight is 668 g/mol. The molecule has 6 heterocycles. The molecule has 2 saturated heterocycles. The summed E-state index contributed by atoms with van der Waals surface area (Å²) in [6.07, 6.45) is 8.35. The molecule has 0 saturated carbocycles. The lowest BCUT2D eigenvalue weighted by atomic mass is 9.95. The maximum atomic E-state index is 17.1. The standard InChI is InChI=1S/C36H32F3N7O3/c1-3-23-26(38)8-7-20-14-22(47)15-25(27(20)23)30-29(39)31-28-33(44-35(43-31)49-18-36-9-5-11-45(36)17-21(37)16-36)46(12-13-48-34(28)42-30)19(2)24-6-4-10-41-32(24)40/h1,4,6-8,10,14-15,19,21,47H,5,9,11-13,16-18H2,2H3,(H2,40,41)/t19-,21+,36-/m0/s1. The van der Waals surface area contributed by atoms with Crippen molar-refractivity contribution in [3.05, 3.63) is 65.4 Å². The summed E-state index contributed by atoms with van der Waals surface area (Å²) in [7, 11) is 0. The molecule has 8 rings (SSSR count). The van der Waals surface area contributed by atoms with Crippen LogP contribution < -0.4 is 20.1 Å². The molecule has 0 spiro atoms. The molecule has 10 nitrogen and oxygen atoms in total. The van der Waals surface area contributed by atoms with Crippen molar-refractivity contribution in [3.8, 4) is 41.2 Å². The molecule has 3 N–H and O–H groups in total. The van der Waals surface area contributed by atoms with Crippen molar-refractivity contribution >= 4 is 33.3 Å². The van der Waals surface area contributed by atoms with Gasteiger partial charge in [-0.05, 0) is 56.0 Å². The lowest BCUT2D eigenvalue weighted by molar-refractivity contribution is 0.107. The second-order valence-corrected chi connectivity index (χ2v) is 12.9. The Bertz CT molecular complexity index is 2190. The number of terminal acetylenes is 1. The predicted octanol–water partition coefficient (Wildman–Crippen LogP) is 5.70. The SMILES string of the molecule is C#Cc1c(F)ccc2cc(O)cc(-c3nc4c5c(nc(OC[C@@]67CCCN6C[C@H](F)C7)nc5c3F)N([C@@H](C)c3cccnc3N)CCO4)c12.